The van der Waals surface area contributed by atoms with Crippen LogP contribution in [0.3, 0.4) is 0 Å². The molecule has 0 N–H and O–H groups in total. The van der Waals surface area contributed by atoms with E-state index in [1.165, 1.54) is 17.7 Å². The predicted molar refractivity (Wildman–Crippen MR) is 81.1 cm³/mol. The van der Waals surface area contributed by atoms with Gasteiger partial charge in [-0.05, 0) is 42.2 Å². The molecule has 1 aromatic carbocycles. The zero-order valence-electron chi connectivity index (χ0n) is 12.0. The van der Waals surface area contributed by atoms with Gasteiger partial charge in [0.05, 0.1) is 13.2 Å². The van der Waals surface area contributed by atoms with E-state index >= 15 is 0 Å². The molecule has 0 atom stereocenters. The predicted octanol–water partition coefficient (Wildman–Crippen LogP) is 2.84. The van der Waals surface area contributed by atoms with E-state index in [1.54, 1.807) is 0 Å². The molecule has 0 unspecified atom stereocenters. The Morgan fingerprint density at radius 3 is 2.29 bits per heavy atom. The number of anilines is 1. The van der Waals surface area contributed by atoms with Crippen LogP contribution in [0.4, 0.5) is 10.2 Å². The highest BCUT2D eigenvalue weighted by atomic mass is 19.1. The molecule has 0 bridgehead atoms. The van der Waals surface area contributed by atoms with Crippen molar-refractivity contribution in [1.82, 2.24) is 4.98 Å². The minimum absolute atomic E-state index is 0.185. The number of hydrogen-bond donors (Lipinski definition) is 0. The fraction of sp³-hybridized carbons (Fsp3) is 0.353. The average Bonchev–Trinajstić information content (AvgIpc) is 2.56. The van der Waals surface area contributed by atoms with Gasteiger partial charge < -0.3 is 9.64 Å². The summed E-state index contributed by atoms with van der Waals surface area (Å²) in [6.45, 7) is 3.35. The first-order valence-electron chi connectivity index (χ1n) is 7.33. The molecule has 0 amide bonds. The first kappa shape index (κ1) is 14.0. The van der Waals surface area contributed by atoms with E-state index in [2.05, 4.69) is 22.0 Å². The van der Waals surface area contributed by atoms with Crippen LogP contribution >= 0.6 is 0 Å². The number of morpholine rings is 1. The number of ether oxygens (including phenoxy) is 1. The minimum Gasteiger partial charge on any atom is -0.378 e. The third-order valence-electron chi connectivity index (χ3n) is 3.76. The van der Waals surface area contributed by atoms with Crippen molar-refractivity contribution in [3.63, 3.8) is 0 Å². The van der Waals surface area contributed by atoms with Crippen LogP contribution < -0.4 is 4.90 Å². The Balaban J connectivity index is 1.57. The van der Waals surface area contributed by atoms with Gasteiger partial charge in [-0.3, -0.25) is 0 Å². The molecule has 0 spiro atoms. The van der Waals surface area contributed by atoms with Crippen molar-refractivity contribution >= 4 is 5.82 Å². The van der Waals surface area contributed by atoms with Gasteiger partial charge >= 0.3 is 0 Å². The molecule has 1 saturated heterocycles. The summed E-state index contributed by atoms with van der Waals surface area (Å²) in [5, 5.41) is 0. The maximum Gasteiger partial charge on any atom is 0.128 e. The highest BCUT2D eigenvalue weighted by Gasteiger charge is 2.11. The average molecular weight is 286 g/mol. The second-order valence-corrected chi connectivity index (χ2v) is 5.25. The quantitative estimate of drug-likeness (QED) is 0.864. The van der Waals surface area contributed by atoms with E-state index in [4.69, 9.17) is 4.74 Å². The second-order valence-electron chi connectivity index (χ2n) is 5.25. The molecule has 3 nitrogen and oxygen atoms in total. The van der Waals surface area contributed by atoms with Gasteiger partial charge in [0, 0.05) is 19.3 Å². The van der Waals surface area contributed by atoms with Gasteiger partial charge in [-0.15, -0.1) is 0 Å². The summed E-state index contributed by atoms with van der Waals surface area (Å²) >= 11 is 0. The molecule has 0 saturated carbocycles. The lowest BCUT2D eigenvalue weighted by Crippen LogP contribution is -2.36. The Morgan fingerprint density at radius 1 is 0.952 bits per heavy atom. The molecule has 2 aromatic rings. The van der Waals surface area contributed by atoms with Gasteiger partial charge in [0.2, 0.25) is 0 Å². The zero-order valence-corrected chi connectivity index (χ0v) is 12.0. The lowest BCUT2D eigenvalue weighted by Gasteiger charge is -2.27. The van der Waals surface area contributed by atoms with Gasteiger partial charge in [-0.2, -0.15) is 0 Å². The van der Waals surface area contributed by atoms with Crippen LogP contribution in [0.25, 0.3) is 0 Å². The third kappa shape index (κ3) is 3.79. The molecule has 1 aromatic heterocycles. The van der Waals surface area contributed by atoms with Crippen molar-refractivity contribution in [3.8, 4) is 0 Å². The van der Waals surface area contributed by atoms with Crippen LogP contribution in [0, 0.1) is 5.82 Å². The molecule has 1 aliphatic heterocycles. The molecular weight excluding hydrogens is 267 g/mol. The number of pyridine rings is 1. The Kier molecular flexibility index (Phi) is 4.46. The van der Waals surface area contributed by atoms with Crippen LogP contribution in [0.5, 0.6) is 0 Å². The molecule has 1 aliphatic rings. The van der Waals surface area contributed by atoms with Gasteiger partial charge in [0.1, 0.15) is 11.6 Å². The number of aryl methyl sites for hydroxylation is 2. The molecule has 1 fully saturated rings. The fourth-order valence-corrected chi connectivity index (χ4v) is 2.48. The summed E-state index contributed by atoms with van der Waals surface area (Å²) in [4.78, 5) is 6.78. The Labute approximate surface area is 124 Å². The van der Waals surface area contributed by atoms with Crippen molar-refractivity contribution in [3.05, 3.63) is 59.5 Å². The first-order chi connectivity index (χ1) is 10.3. The summed E-state index contributed by atoms with van der Waals surface area (Å²) in [5.74, 6) is 0.833. The summed E-state index contributed by atoms with van der Waals surface area (Å²) in [6.07, 6.45) is 3.76. The van der Waals surface area contributed by atoms with Gasteiger partial charge in [-0.1, -0.05) is 18.2 Å². The van der Waals surface area contributed by atoms with Crippen molar-refractivity contribution in [2.24, 2.45) is 0 Å². The second kappa shape index (κ2) is 6.68. The zero-order chi connectivity index (χ0) is 14.5. The highest BCUT2D eigenvalue weighted by Crippen LogP contribution is 2.14. The van der Waals surface area contributed by atoms with Gasteiger partial charge in [0.25, 0.3) is 0 Å². The first-order valence-corrected chi connectivity index (χ1v) is 7.33. The number of nitrogens with zero attached hydrogens (tertiary/aromatic N) is 2. The number of halogens is 1. The highest BCUT2D eigenvalue weighted by molar-refractivity contribution is 5.39. The number of rotatable bonds is 4. The van der Waals surface area contributed by atoms with E-state index in [1.807, 2.05) is 18.3 Å². The molecular formula is C17H19FN2O. The summed E-state index contributed by atoms with van der Waals surface area (Å²) in [6, 6.07) is 10.9. The van der Waals surface area contributed by atoms with E-state index in [0.29, 0.717) is 0 Å². The van der Waals surface area contributed by atoms with Crippen LogP contribution in [0.15, 0.2) is 42.6 Å². The number of aromatic nitrogens is 1. The van der Waals surface area contributed by atoms with Crippen LogP contribution in [-0.2, 0) is 17.6 Å². The fourth-order valence-electron chi connectivity index (χ4n) is 2.48. The SMILES string of the molecule is Fc1ccc(CCc2ccc(N3CCOCC3)nc2)cc1. The number of benzene rings is 1. The molecule has 0 aliphatic carbocycles. The lowest BCUT2D eigenvalue weighted by molar-refractivity contribution is 0.122. The molecule has 4 heteroatoms. The van der Waals surface area contributed by atoms with Crippen molar-refractivity contribution in [1.29, 1.82) is 0 Å². The molecule has 0 radical (unpaired) electrons. The van der Waals surface area contributed by atoms with Crippen LogP contribution in [0.2, 0.25) is 0 Å². The van der Waals surface area contributed by atoms with Crippen molar-refractivity contribution in [2.45, 2.75) is 12.8 Å². The molecule has 2 heterocycles. The summed E-state index contributed by atoms with van der Waals surface area (Å²) in [7, 11) is 0. The standard InChI is InChI=1S/C17H19FN2O/c18-16-6-3-14(4-7-16)1-2-15-5-8-17(19-13-15)20-9-11-21-12-10-20/h3-8,13H,1-2,9-12H2. The Hall–Kier alpha value is -1.94. The Bertz CT molecular complexity index is 562. The van der Waals surface area contributed by atoms with E-state index in [-0.39, 0.29) is 5.82 Å². The number of hydrogen-bond acceptors (Lipinski definition) is 3. The van der Waals surface area contributed by atoms with Crippen LogP contribution in [0.1, 0.15) is 11.1 Å². The van der Waals surface area contributed by atoms with E-state index in [0.717, 1.165) is 50.5 Å². The monoisotopic (exact) mass is 286 g/mol. The molecule has 3 rings (SSSR count). The largest absolute Gasteiger partial charge is 0.378 e. The smallest absolute Gasteiger partial charge is 0.128 e. The topological polar surface area (TPSA) is 25.4 Å². The summed E-state index contributed by atoms with van der Waals surface area (Å²) < 4.78 is 18.2. The minimum atomic E-state index is -0.185. The normalized spacial score (nSPS) is 15.2. The maximum absolute atomic E-state index is 12.8. The summed E-state index contributed by atoms with van der Waals surface area (Å²) in [5.41, 5.74) is 2.35. The van der Waals surface area contributed by atoms with Gasteiger partial charge in [0.15, 0.2) is 0 Å². The van der Waals surface area contributed by atoms with Crippen LogP contribution in [-0.4, -0.2) is 31.3 Å². The van der Waals surface area contributed by atoms with Gasteiger partial charge in [-0.25, -0.2) is 9.37 Å². The Morgan fingerprint density at radius 2 is 1.62 bits per heavy atom. The van der Waals surface area contributed by atoms with Crippen molar-refractivity contribution < 1.29 is 9.13 Å². The molecule has 110 valence electrons. The van der Waals surface area contributed by atoms with Crippen molar-refractivity contribution in [2.75, 3.05) is 31.2 Å². The lowest BCUT2D eigenvalue weighted by atomic mass is 10.1. The van der Waals surface area contributed by atoms with E-state index < -0.39 is 0 Å². The maximum atomic E-state index is 12.8. The third-order valence-corrected chi connectivity index (χ3v) is 3.76. The molecule has 21 heavy (non-hydrogen) atoms. The van der Waals surface area contributed by atoms with E-state index in [9.17, 15) is 4.39 Å².